The molecule has 6 nitrogen and oxygen atoms in total. The molecule has 2 aliphatic rings. The van der Waals surface area contributed by atoms with Gasteiger partial charge in [-0.15, -0.1) is 0 Å². The lowest BCUT2D eigenvalue weighted by atomic mass is 9.78. The summed E-state index contributed by atoms with van der Waals surface area (Å²) >= 11 is 0. The van der Waals surface area contributed by atoms with Crippen LogP contribution in [0.3, 0.4) is 0 Å². The minimum atomic E-state index is -3.28. The molecule has 32 heavy (non-hydrogen) atoms. The molecule has 2 heterocycles. The predicted octanol–water partition coefficient (Wildman–Crippen LogP) is 4.18. The van der Waals surface area contributed by atoms with Crippen LogP contribution in [0.1, 0.15) is 49.4 Å². The Bertz CT molecular complexity index is 1260. The van der Waals surface area contributed by atoms with Crippen LogP contribution in [-0.2, 0) is 21.9 Å². The summed E-state index contributed by atoms with van der Waals surface area (Å²) in [6.45, 7) is 2.00. The first-order valence-corrected chi connectivity index (χ1v) is 12.9. The van der Waals surface area contributed by atoms with Crippen molar-refractivity contribution in [2.75, 3.05) is 6.26 Å². The molecule has 7 heteroatoms. The first-order chi connectivity index (χ1) is 15.3. The average molecular weight is 450 g/mol. The highest BCUT2D eigenvalue weighted by molar-refractivity contribution is 7.88. The second kappa shape index (κ2) is 7.98. The van der Waals surface area contributed by atoms with Gasteiger partial charge in [-0.25, -0.2) is 23.1 Å². The normalized spacial score (nSPS) is 24.8. The fourth-order valence-electron chi connectivity index (χ4n) is 5.13. The van der Waals surface area contributed by atoms with Gasteiger partial charge in [0.25, 0.3) is 0 Å². The van der Waals surface area contributed by atoms with E-state index in [4.69, 9.17) is 9.72 Å². The molecular weight excluding hydrogens is 422 g/mol. The van der Waals surface area contributed by atoms with Crippen LogP contribution in [0.25, 0.3) is 11.1 Å². The van der Waals surface area contributed by atoms with Crippen LogP contribution in [-0.4, -0.2) is 30.7 Å². The molecule has 0 radical (unpaired) electrons. The van der Waals surface area contributed by atoms with E-state index in [2.05, 4.69) is 40.0 Å². The number of para-hydroxylation sites is 1. The second-order valence-corrected chi connectivity index (χ2v) is 10.8. The maximum atomic E-state index is 11.9. The number of rotatable bonds is 2. The van der Waals surface area contributed by atoms with Crippen LogP contribution < -0.4 is 9.46 Å². The zero-order valence-corrected chi connectivity index (χ0v) is 19.1. The zero-order chi connectivity index (χ0) is 22.3. The highest BCUT2D eigenvalue weighted by atomic mass is 32.2. The van der Waals surface area contributed by atoms with Gasteiger partial charge in [-0.05, 0) is 55.9 Å². The average Bonchev–Trinajstić information content (AvgIpc) is 3.15. The number of hydrogen-bond acceptors (Lipinski definition) is 5. The summed E-state index contributed by atoms with van der Waals surface area (Å²) in [4.78, 5) is 9.63. The Morgan fingerprint density at radius 3 is 2.81 bits per heavy atom. The summed E-state index contributed by atoms with van der Waals surface area (Å²) in [6.07, 6.45) is 5.77. The van der Waals surface area contributed by atoms with E-state index >= 15 is 0 Å². The summed E-state index contributed by atoms with van der Waals surface area (Å²) < 4.78 is 32.9. The molecular formula is C25H27N3O3S. The van der Waals surface area contributed by atoms with Crippen LogP contribution in [0, 0.1) is 0 Å². The van der Waals surface area contributed by atoms with Gasteiger partial charge in [0.2, 0.25) is 10.0 Å². The van der Waals surface area contributed by atoms with Crippen LogP contribution >= 0.6 is 0 Å². The number of benzene rings is 2. The zero-order valence-electron chi connectivity index (χ0n) is 18.3. The SMILES string of the molecule is C[C@H]1Oc2ccccc2-c2cccc(c2)C[C@@]2(CCC(NS(C)(=O)=O)C2)c2nccc1n2. The first kappa shape index (κ1) is 21.1. The summed E-state index contributed by atoms with van der Waals surface area (Å²) in [5.74, 6) is 1.59. The minimum absolute atomic E-state index is 0.122. The van der Waals surface area contributed by atoms with Crippen molar-refractivity contribution in [2.24, 2.45) is 0 Å². The monoisotopic (exact) mass is 449 g/mol. The largest absolute Gasteiger partial charge is 0.484 e. The Morgan fingerprint density at radius 2 is 1.97 bits per heavy atom. The molecule has 166 valence electrons. The topological polar surface area (TPSA) is 81.2 Å². The highest BCUT2D eigenvalue weighted by Gasteiger charge is 2.44. The number of nitrogens with one attached hydrogen (secondary N) is 1. The molecule has 0 saturated heterocycles. The lowest BCUT2D eigenvalue weighted by Crippen LogP contribution is -2.36. The lowest BCUT2D eigenvalue weighted by Gasteiger charge is -2.30. The van der Waals surface area contributed by atoms with Crippen LogP contribution in [0.2, 0.25) is 0 Å². The number of fused-ring (bicyclic) bond motifs is 7. The molecule has 1 N–H and O–H groups in total. The van der Waals surface area contributed by atoms with E-state index in [0.717, 1.165) is 47.7 Å². The van der Waals surface area contributed by atoms with E-state index in [1.807, 2.05) is 31.2 Å². The fourth-order valence-corrected chi connectivity index (χ4v) is 5.93. The third kappa shape index (κ3) is 4.14. The van der Waals surface area contributed by atoms with Crippen molar-refractivity contribution in [3.63, 3.8) is 0 Å². The Morgan fingerprint density at radius 1 is 1.12 bits per heavy atom. The van der Waals surface area contributed by atoms with Gasteiger partial charge in [0.05, 0.1) is 11.9 Å². The maximum Gasteiger partial charge on any atom is 0.208 e. The van der Waals surface area contributed by atoms with Crippen molar-refractivity contribution in [1.29, 1.82) is 0 Å². The number of sulfonamides is 1. The van der Waals surface area contributed by atoms with E-state index < -0.39 is 10.0 Å². The summed E-state index contributed by atoms with van der Waals surface area (Å²) in [7, 11) is -3.28. The van der Waals surface area contributed by atoms with Crippen LogP contribution in [0.15, 0.2) is 60.8 Å². The second-order valence-electron chi connectivity index (χ2n) is 9.05. The van der Waals surface area contributed by atoms with Gasteiger partial charge in [0.15, 0.2) is 0 Å². The Balaban J connectivity index is 1.64. The Hall–Kier alpha value is -2.77. The number of hydrogen-bond donors (Lipinski definition) is 1. The smallest absolute Gasteiger partial charge is 0.208 e. The lowest BCUT2D eigenvalue weighted by molar-refractivity contribution is 0.221. The predicted molar refractivity (Wildman–Crippen MR) is 124 cm³/mol. The van der Waals surface area contributed by atoms with Gasteiger partial charge in [-0.3, -0.25) is 0 Å². The Labute approximate surface area is 189 Å². The van der Waals surface area contributed by atoms with E-state index in [9.17, 15) is 8.42 Å². The summed E-state index contributed by atoms with van der Waals surface area (Å²) in [6, 6.07) is 18.4. The molecule has 1 fully saturated rings. The van der Waals surface area contributed by atoms with Crippen molar-refractivity contribution < 1.29 is 13.2 Å². The van der Waals surface area contributed by atoms with Crippen molar-refractivity contribution in [2.45, 2.75) is 50.2 Å². The number of ether oxygens (including phenoxy) is 1. The highest BCUT2D eigenvalue weighted by Crippen LogP contribution is 2.44. The van der Waals surface area contributed by atoms with Crippen LogP contribution in [0.4, 0.5) is 0 Å². The molecule has 1 aromatic heterocycles. The molecule has 1 aliphatic heterocycles. The van der Waals surface area contributed by atoms with Gasteiger partial charge in [-0.1, -0.05) is 42.5 Å². The molecule has 3 aromatic rings. The molecule has 1 unspecified atom stereocenters. The molecule has 1 aliphatic carbocycles. The van der Waals surface area contributed by atoms with Gasteiger partial charge in [0, 0.05) is 23.2 Å². The Kier molecular flexibility index (Phi) is 5.26. The minimum Gasteiger partial charge on any atom is -0.484 e. The van der Waals surface area contributed by atoms with Crippen molar-refractivity contribution >= 4 is 10.0 Å². The van der Waals surface area contributed by atoms with Gasteiger partial charge in [0.1, 0.15) is 17.7 Å². The molecule has 2 aromatic carbocycles. The van der Waals surface area contributed by atoms with Crippen LogP contribution in [0.5, 0.6) is 5.75 Å². The standard InChI is InChI=1S/C25H27N3O3S/c1-17-22-11-13-26-24(27-22)25(12-10-20(16-25)28-32(2,29)30)15-18-6-5-7-19(14-18)21-8-3-4-9-23(21)31-17/h3-9,11,13-14,17,20,28H,10,12,15-16H2,1-2H3/t17-,20?,25-/m1/s1. The van der Waals surface area contributed by atoms with E-state index in [1.165, 1.54) is 11.8 Å². The number of nitrogens with zero attached hydrogens (tertiary/aromatic N) is 2. The van der Waals surface area contributed by atoms with E-state index in [1.54, 1.807) is 6.20 Å². The number of aromatic nitrogens is 2. The molecule has 1 spiro atoms. The third-order valence-electron chi connectivity index (χ3n) is 6.53. The molecule has 3 atom stereocenters. The molecule has 5 rings (SSSR count). The fraction of sp³-hybridized carbons (Fsp3) is 0.360. The quantitative estimate of drug-likeness (QED) is 0.635. The maximum absolute atomic E-state index is 11.9. The summed E-state index contributed by atoms with van der Waals surface area (Å²) in [5.41, 5.74) is 3.82. The van der Waals surface area contributed by atoms with E-state index in [-0.39, 0.29) is 17.6 Å². The van der Waals surface area contributed by atoms with Gasteiger partial charge >= 0.3 is 0 Å². The molecule has 1 saturated carbocycles. The van der Waals surface area contributed by atoms with E-state index in [0.29, 0.717) is 6.42 Å². The van der Waals surface area contributed by atoms with Gasteiger partial charge in [-0.2, -0.15) is 0 Å². The van der Waals surface area contributed by atoms with Crippen molar-refractivity contribution in [1.82, 2.24) is 14.7 Å². The summed E-state index contributed by atoms with van der Waals surface area (Å²) in [5, 5.41) is 0. The third-order valence-corrected chi connectivity index (χ3v) is 7.29. The molecule has 0 amide bonds. The van der Waals surface area contributed by atoms with Crippen molar-refractivity contribution in [3.05, 3.63) is 77.9 Å². The van der Waals surface area contributed by atoms with Crippen molar-refractivity contribution in [3.8, 4) is 16.9 Å². The molecule has 4 bridgehead atoms. The van der Waals surface area contributed by atoms with Gasteiger partial charge < -0.3 is 4.74 Å². The first-order valence-electron chi connectivity index (χ1n) is 11.0.